The largest absolute Gasteiger partial charge is 0.504 e. The molecule has 0 atom stereocenters. The second kappa shape index (κ2) is 15.7. The van der Waals surface area contributed by atoms with Crippen LogP contribution in [0.3, 0.4) is 0 Å². The van der Waals surface area contributed by atoms with Crippen molar-refractivity contribution in [2.24, 2.45) is 5.92 Å². The fourth-order valence-corrected chi connectivity index (χ4v) is 4.83. The second-order valence-corrected chi connectivity index (χ2v) is 11.4. The Morgan fingerprint density at radius 1 is 0.652 bits per heavy atom. The summed E-state index contributed by atoms with van der Waals surface area (Å²) in [6, 6.07) is 15.8. The van der Waals surface area contributed by atoms with E-state index in [0.717, 1.165) is 22.8 Å². The first-order chi connectivity index (χ1) is 21.7. The summed E-state index contributed by atoms with van der Waals surface area (Å²) in [6.07, 6.45) is 0. The molecule has 0 radical (unpaired) electrons. The first kappa shape index (κ1) is 35.4. The predicted molar refractivity (Wildman–Crippen MR) is 177 cm³/mol. The summed E-state index contributed by atoms with van der Waals surface area (Å²) in [5.74, 6) is 1.59. The molecule has 2 aromatic carbocycles. The topological polar surface area (TPSA) is 126 Å². The monoisotopic (exact) mass is 630 g/mol. The molecule has 4 rings (SSSR count). The molecule has 0 spiro atoms. The van der Waals surface area contributed by atoms with Crippen molar-refractivity contribution in [2.75, 3.05) is 20.8 Å². The van der Waals surface area contributed by atoms with E-state index in [1.165, 1.54) is 37.4 Å². The van der Waals surface area contributed by atoms with Gasteiger partial charge in [-0.3, -0.25) is 19.2 Å². The van der Waals surface area contributed by atoms with E-state index in [1.54, 1.807) is 55.9 Å². The van der Waals surface area contributed by atoms with Crippen molar-refractivity contribution in [1.29, 1.82) is 0 Å². The van der Waals surface area contributed by atoms with Gasteiger partial charge < -0.3 is 28.5 Å². The summed E-state index contributed by atoms with van der Waals surface area (Å²) in [7, 11) is 3.02. The number of phenolic OH excluding ortho intramolecular Hbond substituents is 1. The van der Waals surface area contributed by atoms with Crippen LogP contribution in [0.15, 0.2) is 70.3 Å². The van der Waals surface area contributed by atoms with E-state index in [-0.39, 0.29) is 41.3 Å². The third-order valence-electron chi connectivity index (χ3n) is 7.27. The Hall–Kier alpha value is -5.12. The number of hydrogen-bond donors (Lipinski definition) is 1. The van der Waals surface area contributed by atoms with E-state index < -0.39 is 0 Å². The first-order valence-corrected chi connectivity index (χ1v) is 14.8. The van der Waals surface area contributed by atoms with Gasteiger partial charge >= 0.3 is 0 Å². The number of aromatic hydroxyl groups is 1. The molecule has 0 fully saturated rings. The summed E-state index contributed by atoms with van der Waals surface area (Å²) in [5, 5.41) is 9.73. The molecule has 1 N–H and O–H groups in total. The van der Waals surface area contributed by atoms with Gasteiger partial charge in [0.25, 0.3) is 0 Å². The van der Waals surface area contributed by atoms with Crippen molar-refractivity contribution in [2.45, 2.75) is 54.6 Å². The Labute approximate surface area is 268 Å². The van der Waals surface area contributed by atoms with Gasteiger partial charge in [-0.2, -0.15) is 0 Å². The van der Waals surface area contributed by atoms with Gasteiger partial charge in [-0.25, -0.2) is 0 Å². The van der Waals surface area contributed by atoms with Gasteiger partial charge in [0.15, 0.2) is 45.4 Å². The van der Waals surface area contributed by atoms with Crippen molar-refractivity contribution < 1.29 is 28.9 Å². The minimum absolute atomic E-state index is 0.0486. The minimum atomic E-state index is -0.150. The van der Waals surface area contributed by atoms with E-state index in [2.05, 4.69) is 13.8 Å². The number of carbonyl (C=O) groups is 2. The van der Waals surface area contributed by atoms with Crippen molar-refractivity contribution in [1.82, 2.24) is 9.13 Å². The van der Waals surface area contributed by atoms with Gasteiger partial charge in [-0.15, -0.1) is 0 Å². The quantitative estimate of drug-likeness (QED) is 0.217. The zero-order valence-electron chi connectivity index (χ0n) is 27.7. The summed E-state index contributed by atoms with van der Waals surface area (Å²) in [4.78, 5) is 47.9. The van der Waals surface area contributed by atoms with Crippen LogP contribution in [0.1, 0.15) is 57.3 Å². The number of nitrogens with zero attached hydrogens (tertiary/aromatic N) is 2. The van der Waals surface area contributed by atoms with Gasteiger partial charge in [-0.1, -0.05) is 13.8 Å². The number of phenols is 1. The number of Topliss-reactive ketones (excluding diaryl/α,β-unsaturated/α-hetero) is 2. The number of aryl methyl sites for hydroxylation is 4. The fourth-order valence-electron chi connectivity index (χ4n) is 4.83. The Morgan fingerprint density at radius 3 is 1.46 bits per heavy atom. The lowest BCUT2D eigenvalue weighted by Gasteiger charge is -2.15. The molecular weight excluding hydrogens is 588 g/mol. The lowest BCUT2D eigenvalue weighted by Crippen LogP contribution is -2.18. The van der Waals surface area contributed by atoms with Crippen LogP contribution in [0.4, 0.5) is 0 Å². The van der Waals surface area contributed by atoms with E-state index in [9.17, 15) is 24.3 Å². The molecule has 10 nitrogen and oxygen atoms in total. The Morgan fingerprint density at radius 2 is 1.07 bits per heavy atom. The maximum Gasteiger partial charge on any atom is 0.182 e. The molecule has 0 saturated carbocycles. The highest BCUT2D eigenvalue weighted by molar-refractivity contribution is 5.97. The SMILES string of the molecule is COc1ccc(C(=O)Cn2c(C)cc(=O)cc2C)cc1O.COc1ccc(C(=O)Cn2c(C)cc(=O)cc2C)cc1OCC(C)C. The standard InChI is InChI=1S/C20H25NO4.C16H17NO4/c1-13(2)12-25-20-10-16(6-7-19(20)24-5)18(23)11-21-14(3)8-17(22)9-15(21)4;1-10-6-13(18)7-11(2)17(10)9-15(20)12-4-5-16(21-3)14(19)8-12/h6-10,13H,11-12H2,1-5H3;4-8,19H,9H2,1-3H3. The summed E-state index contributed by atoms with van der Waals surface area (Å²) in [5.41, 5.74) is 3.81. The van der Waals surface area contributed by atoms with Crippen molar-refractivity contribution in [3.63, 3.8) is 0 Å². The van der Waals surface area contributed by atoms with Crippen molar-refractivity contribution in [3.8, 4) is 23.0 Å². The smallest absolute Gasteiger partial charge is 0.182 e. The molecule has 46 heavy (non-hydrogen) atoms. The molecule has 244 valence electrons. The van der Waals surface area contributed by atoms with E-state index >= 15 is 0 Å². The highest BCUT2D eigenvalue weighted by Crippen LogP contribution is 2.29. The number of pyridine rings is 2. The highest BCUT2D eigenvalue weighted by atomic mass is 16.5. The molecule has 0 aliphatic heterocycles. The molecule has 2 heterocycles. The van der Waals surface area contributed by atoms with Crippen LogP contribution >= 0.6 is 0 Å². The Balaban J connectivity index is 0.000000254. The van der Waals surface area contributed by atoms with E-state index in [1.807, 2.05) is 18.4 Å². The zero-order valence-corrected chi connectivity index (χ0v) is 27.7. The first-order valence-electron chi connectivity index (χ1n) is 14.8. The highest BCUT2D eigenvalue weighted by Gasteiger charge is 2.15. The number of ketones is 2. The van der Waals surface area contributed by atoms with Gasteiger partial charge in [0.05, 0.1) is 33.9 Å². The van der Waals surface area contributed by atoms with Crippen LogP contribution in [0, 0.1) is 33.6 Å². The van der Waals surface area contributed by atoms with Crippen LogP contribution in [0.5, 0.6) is 23.0 Å². The molecule has 2 aromatic heterocycles. The third kappa shape index (κ3) is 9.20. The molecule has 10 heteroatoms. The average molecular weight is 631 g/mol. The molecular formula is C36H42N2O8. The van der Waals surface area contributed by atoms with E-state index in [4.69, 9.17) is 14.2 Å². The lowest BCUT2D eigenvalue weighted by atomic mass is 10.1. The van der Waals surface area contributed by atoms with Crippen LogP contribution in [-0.2, 0) is 13.1 Å². The lowest BCUT2D eigenvalue weighted by molar-refractivity contribution is 0.0962. The normalized spacial score (nSPS) is 10.6. The molecule has 0 bridgehead atoms. The number of methoxy groups -OCH3 is 2. The molecule has 0 aliphatic rings. The number of carbonyl (C=O) groups excluding carboxylic acids is 2. The van der Waals surface area contributed by atoms with Crippen molar-refractivity contribution in [3.05, 3.63) is 115 Å². The summed E-state index contributed by atoms with van der Waals surface area (Å²) >= 11 is 0. The van der Waals surface area contributed by atoms with E-state index in [0.29, 0.717) is 40.9 Å². The second-order valence-electron chi connectivity index (χ2n) is 11.4. The number of hydrogen-bond acceptors (Lipinski definition) is 8. The van der Waals surface area contributed by atoms with Crippen LogP contribution in [0.2, 0.25) is 0 Å². The molecule has 4 aromatic rings. The number of rotatable bonds is 11. The molecule has 0 saturated heterocycles. The Kier molecular flexibility index (Phi) is 12.1. The Bertz CT molecular complexity index is 1780. The maximum absolute atomic E-state index is 12.7. The zero-order chi connectivity index (χ0) is 34.1. The third-order valence-corrected chi connectivity index (χ3v) is 7.27. The molecule has 0 aliphatic carbocycles. The average Bonchev–Trinajstić information content (AvgIpc) is 2.99. The van der Waals surface area contributed by atoms with Crippen molar-refractivity contribution >= 4 is 11.6 Å². The number of benzene rings is 2. The van der Waals surface area contributed by atoms with Gasteiger partial charge in [0, 0.05) is 58.2 Å². The van der Waals surface area contributed by atoms with Crippen LogP contribution in [0.25, 0.3) is 0 Å². The minimum Gasteiger partial charge on any atom is -0.504 e. The fraction of sp³-hybridized carbons (Fsp3) is 0.333. The van der Waals surface area contributed by atoms with Crippen LogP contribution < -0.4 is 25.1 Å². The van der Waals surface area contributed by atoms with Gasteiger partial charge in [0.2, 0.25) is 0 Å². The molecule has 0 unspecified atom stereocenters. The van der Waals surface area contributed by atoms with Gasteiger partial charge in [-0.05, 0) is 70.0 Å². The van der Waals surface area contributed by atoms with Crippen LogP contribution in [-0.4, -0.2) is 46.6 Å². The number of ether oxygens (including phenoxy) is 3. The summed E-state index contributed by atoms with van der Waals surface area (Å²) < 4.78 is 19.6. The van der Waals surface area contributed by atoms with Gasteiger partial charge in [0.1, 0.15) is 0 Å². The summed E-state index contributed by atoms with van der Waals surface area (Å²) in [6.45, 7) is 12.2. The predicted octanol–water partition coefficient (Wildman–Crippen LogP) is 5.45. The molecule has 0 amide bonds. The maximum atomic E-state index is 12.7. The number of aromatic nitrogens is 2.